The van der Waals surface area contributed by atoms with Crippen molar-refractivity contribution in [1.82, 2.24) is 5.43 Å². The van der Waals surface area contributed by atoms with E-state index in [0.29, 0.717) is 5.41 Å². The van der Waals surface area contributed by atoms with E-state index in [2.05, 4.69) is 31.3 Å². The summed E-state index contributed by atoms with van der Waals surface area (Å²) in [5.74, 6) is -0.123. The van der Waals surface area contributed by atoms with E-state index in [1.807, 2.05) is 0 Å². The third-order valence-corrected chi connectivity index (χ3v) is 1.30. The van der Waals surface area contributed by atoms with Gasteiger partial charge < -0.3 is 5.73 Å². The molecule has 0 amide bonds. The van der Waals surface area contributed by atoms with Gasteiger partial charge in [0, 0.05) is 6.21 Å². The van der Waals surface area contributed by atoms with Gasteiger partial charge in [-0.15, -0.1) is 0 Å². The quantitative estimate of drug-likeness (QED) is 0.339. The van der Waals surface area contributed by atoms with Crippen LogP contribution in [-0.4, -0.2) is 12.2 Å². The lowest BCUT2D eigenvalue weighted by Crippen LogP contribution is -2.25. The van der Waals surface area contributed by atoms with E-state index in [9.17, 15) is 0 Å². The van der Waals surface area contributed by atoms with Crippen LogP contribution in [0.15, 0.2) is 5.10 Å². The number of rotatable bonds is 3. The maximum atomic E-state index is 6.81. The van der Waals surface area contributed by atoms with Gasteiger partial charge in [-0.1, -0.05) is 20.8 Å². The second-order valence-electron chi connectivity index (χ2n) is 3.94. The predicted molar refractivity (Wildman–Crippen MR) is 52.2 cm³/mol. The van der Waals surface area contributed by atoms with Crippen molar-refractivity contribution in [3.05, 3.63) is 0 Å². The van der Waals surface area contributed by atoms with E-state index in [1.54, 1.807) is 6.21 Å². The highest BCUT2D eigenvalue weighted by molar-refractivity contribution is 5.75. The van der Waals surface area contributed by atoms with Crippen LogP contribution in [-0.2, 0) is 0 Å². The Morgan fingerprint density at radius 1 is 1.58 bits per heavy atom. The zero-order chi connectivity index (χ0) is 9.61. The fourth-order valence-corrected chi connectivity index (χ4v) is 0.677. The van der Waals surface area contributed by atoms with Gasteiger partial charge in [0.15, 0.2) is 0 Å². The normalized spacial score (nSPS) is 11.9. The molecule has 0 unspecified atom stereocenters. The first-order valence-electron chi connectivity index (χ1n) is 4.03. The Morgan fingerprint density at radius 2 is 2.17 bits per heavy atom. The molecule has 0 fully saturated rings. The van der Waals surface area contributed by atoms with E-state index in [0.717, 1.165) is 12.8 Å². The maximum absolute atomic E-state index is 6.81. The van der Waals surface area contributed by atoms with Crippen LogP contribution in [0.5, 0.6) is 0 Å². The molecule has 0 heterocycles. The Balaban J connectivity index is 3.43. The molecule has 4 nitrogen and oxygen atoms in total. The average Bonchev–Trinajstić information content (AvgIpc) is 1.83. The zero-order valence-corrected chi connectivity index (χ0v) is 8.02. The highest BCUT2D eigenvalue weighted by atomic mass is 15.3. The van der Waals surface area contributed by atoms with Gasteiger partial charge >= 0.3 is 0 Å². The standard InChI is InChI=1S/C8H18N4/c1-8(2,3)5-4-6-11-12-7(9)10/h6H,4-5H2,1-3H3,(H4,9,10,12)/b11-6+. The Bertz CT molecular complexity index is 166. The Morgan fingerprint density at radius 3 is 2.58 bits per heavy atom. The lowest BCUT2D eigenvalue weighted by molar-refractivity contribution is 0.387. The van der Waals surface area contributed by atoms with Crippen LogP contribution in [0.1, 0.15) is 33.6 Å². The molecule has 0 aromatic rings. The van der Waals surface area contributed by atoms with Crippen LogP contribution >= 0.6 is 0 Å². The number of hydrogen-bond acceptors (Lipinski definition) is 2. The first-order chi connectivity index (χ1) is 5.42. The van der Waals surface area contributed by atoms with Gasteiger partial charge in [0.1, 0.15) is 0 Å². The molecular weight excluding hydrogens is 152 g/mol. The van der Waals surface area contributed by atoms with Crippen LogP contribution in [0.3, 0.4) is 0 Å². The molecule has 12 heavy (non-hydrogen) atoms. The van der Waals surface area contributed by atoms with Crippen molar-refractivity contribution in [2.75, 3.05) is 0 Å². The van der Waals surface area contributed by atoms with Gasteiger partial charge in [-0.25, -0.2) is 5.43 Å². The van der Waals surface area contributed by atoms with Gasteiger partial charge in [0.25, 0.3) is 0 Å². The van der Waals surface area contributed by atoms with Crippen molar-refractivity contribution < 1.29 is 0 Å². The molecule has 0 radical (unpaired) electrons. The summed E-state index contributed by atoms with van der Waals surface area (Å²) in [6.45, 7) is 6.54. The Kier molecular flexibility index (Phi) is 4.33. The zero-order valence-electron chi connectivity index (χ0n) is 8.02. The van der Waals surface area contributed by atoms with Crippen molar-refractivity contribution in [2.24, 2.45) is 16.3 Å². The second kappa shape index (κ2) is 4.74. The highest BCUT2D eigenvalue weighted by Crippen LogP contribution is 2.19. The summed E-state index contributed by atoms with van der Waals surface area (Å²) in [4.78, 5) is 0. The first kappa shape index (κ1) is 10.9. The van der Waals surface area contributed by atoms with Crippen molar-refractivity contribution in [3.63, 3.8) is 0 Å². The summed E-state index contributed by atoms with van der Waals surface area (Å²) in [5.41, 5.74) is 7.72. The first-order valence-corrected chi connectivity index (χ1v) is 4.03. The third-order valence-electron chi connectivity index (χ3n) is 1.30. The second-order valence-corrected chi connectivity index (χ2v) is 3.94. The molecule has 0 aliphatic heterocycles. The number of guanidine groups is 1. The van der Waals surface area contributed by atoms with Crippen molar-refractivity contribution >= 4 is 12.2 Å². The molecule has 0 bridgehead atoms. The maximum Gasteiger partial charge on any atom is 0.206 e. The van der Waals surface area contributed by atoms with Crippen LogP contribution < -0.4 is 11.2 Å². The predicted octanol–water partition coefficient (Wildman–Crippen LogP) is 1.28. The van der Waals surface area contributed by atoms with Crippen LogP contribution in [0.4, 0.5) is 0 Å². The third kappa shape index (κ3) is 8.94. The summed E-state index contributed by atoms with van der Waals surface area (Å²) in [6, 6.07) is 0. The monoisotopic (exact) mass is 170 g/mol. The lowest BCUT2D eigenvalue weighted by atomic mass is 9.91. The smallest absolute Gasteiger partial charge is 0.206 e. The van der Waals surface area contributed by atoms with Crippen molar-refractivity contribution in [1.29, 1.82) is 5.41 Å². The van der Waals surface area contributed by atoms with E-state index < -0.39 is 0 Å². The number of nitrogens with zero attached hydrogens (tertiary/aromatic N) is 1. The molecule has 70 valence electrons. The molecule has 4 heteroatoms. The van der Waals surface area contributed by atoms with Crippen molar-refractivity contribution in [3.8, 4) is 0 Å². The largest absolute Gasteiger partial charge is 0.369 e. The molecule has 0 aromatic carbocycles. The van der Waals surface area contributed by atoms with Gasteiger partial charge in [-0.05, 0) is 18.3 Å². The lowest BCUT2D eigenvalue weighted by Gasteiger charge is -2.15. The molecule has 0 aromatic heterocycles. The van der Waals surface area contributed by atoms with E-state index in [4.69, 9.17) is 11.1 Å². The summed E-state index contributed by atoms with van der Waals surface area (Å²) in [5, 5.41) is 10.6. The minimum Gasteiger partial charge on any atom is -0.369 e. The molecule has 0 spiro atoms. The molecule has 0 saturated carbocycles. The summed E-state index contributed by atoms with van der Waals surface area (Å²) < 4.78 is 0. The molecule has 0 aliphatic rings. The van der Waals surface area contributed by atoms with Gasteiger partial charge in [0.05, 0.1) is 0 Å². The van der Waals surface area contributed by atoms with E-state index in [-0.39, 0.29) is 5.96 Å². The molecule has 4 N–H and O–H groups in total. The minimum atomic E-state index is -0.123. The van der Waals surface area contributed by atoms with Crippen LogP contribution in [0.2, 0.25) is 0 Å². The molecular formula is C8H18N4. The highest BCUT2D eigenvalue weighted by Gasteiger charge is 2.07. The van der Waals surface area contributed by atoms with Crippen LogP contribution in [0.25, 0.3) is 0 Å². The molecule has 0 aliphatic carbocycles. The Hall–Kier alpha value is -1.06. The van der Waals surface area contributed by atoms with E-state index >= 15 is 0 Å². The van der Waals surface area contributed by atoms with Crippen molar-refractivity contribution in [2.45, 2.75) is 33.6 Å². The number of hydrogen-bond donors (Lipinski definition) is 3. The van der Waals surface area contributed by atoms with E-state index in [1.165, 1.54) is 0 Å². The Labute approximate surface area is 73.7 Å². The van der Waals surface area contributed by atoms with Gasteiger partial charge in [-0.3, -0.25) is 5.41 Å². The number of nitrogens with one attached hydrogen (secondary N) is 2. The van der Waals surface area contributed by atoms with Gasteiger partial charge in [-0.2, -0.15) is 5.10 Å². The molecule has 0 saturated heterocycles. The SMILES string of the molecule is CC(C)(C)CC/C=N/NC(=N)N. The number of nitrogens with two attached hydrogens (primary N) is 1. The summed E-state index contributed by atoms with van der Waals surface area (Å²) in [7, 11) is 0. The average molecular weight is 170 g/mol. The fourth-order valence-electron chi connectivity index (χ4n) is 0.677. The van der Waals surface area contributed by atoms with Gasteiger partial charge in [0.2, 0.25) is 5.96 Å². The number of hydrazone groups is 1. The summed E-state index contributed by atoms with van der Waals surface area (Å²) in [6.07, 6.45) is 3.73. The summed E-state index contributed by atoms with van der Waals surface area (Å²) >= 11 is 0. The minimum absolute atomic E-state index is 0.123. The molecule has 0 atom stereocenters. The fraction of sp³-hybridized carbons (Fsp3) is 0.750. The van der Waals surface area contributed by atoms with Crippen LogP contribution in [0, 0.1) is 10.8 Å². The molecule has 0 rings (SSSR count). The topological polar surface area (TPSA) is 74.3 Å².